The fourth-order valence-corrected chi connectivity index (χ4v) is 10.5. The molecule has 0 fully saturated rings. The van der Waals surface area contributed by atoms with Gasteiger partial charge in [-0.2, -0.15) is 27.0 Å². The van der Waals surface area contributed by atoms with Gasteiger partial charge in [-0.15, -0.1) is 0 Å². The Bertz CT molecular complexity index is 949. The Balaban J connectivity index is -0.000000154. The first kappa shape index (κ1) is 68.7. The third-order valence-corrected chi connectivity index (χ3v) is 14.7. The zero-order valence-corrected chi connectivity index (χ0v) is 38.5. The zero-order valence-electron chi connectivity index (χ0n) is 30.0. The molecule has 0 amide bonds. The first-order chi connectivity index (χ1) is 25.8. The second-order valence-corrected chi connectivity index (χ2v) is 20.0. The molecule has 0 aliphatic heterocycles. The standard InChI is InChI=1S/4C6H12N2O4S2.2H2S/c4*7-3(5(9)10)1-13-14-2-4(8)6(11)12;;/h4*3-4H,1-2,7-8H2,(H,9,10)(H,11,12);2*1H2/t4*3-,4-;;/m0000../s1. The Hall–Kier alpha value is -1.06. The molecule has 0 spiro atoms. The van der Waals surface area contributed by atoms with Gasteiger partial charge in [0.15, 0.2) is 0 Å². The minimum absolute atomic E-state index is 0. The van der Waals surface area contributed by atoms with Gasteiger partial charge in [0, 0.05) is 46.0 Å². The van der Waals surface area contributed by atoms with Crippen molar-refractivity contribution in [1.82, 2.24) is 0 Å². The molecule has 24 N–H and O–H groups in total. The van der Waals surface area contributed by atoms with Crippen LogP contribution in [-0.2, 0) is 38.4 Å². The molecule has 0 radical (unpaired) electrons. The number of rotatable bonds is 28. The Labute approximate surface area is 377 Å². The van der Waals surface area contributed by atoms with Crippen molar-refractivity contribution in [2.45, 2.75) is 48.3 Å². The minimum atomic E-state index is -1.07. The van der Waals surface area contributed by atoms with Gasteiger partial charge in [-0.05, 0) is 0 Å². The molecule has 0 saturated heterocycles. The van der Waals surface area contributed by atoms with Crippen molar-refractivity contribution in [1.29, 1.82) is 0 Å². The van der Waals surface area contributed by atoms with Gasteiger partial charge < -0.3 is 86.7 Å². The van der Waals surface area contributed by atoms with Crippen LogP contribution in [0.3, 0.4) is 0 Å². The maximum Gasteiger partial charge on any atom is 0.321 e. The number of carboxylic acid groups (broad SMARTS) is 8. The number of hydrogen-bond donors (Lipinski definition) is 16. The Morgan fingerprint density at radius 2 is 0.328 bits per heavy atom. The van der Waals surface area contributed by atoms with Crippen molar-refractivity contribution in [3.63, 3.8) is 0 Å². The smallest absolute Gasteiger partial charge is 0.321 e. The lowest BCUT2D eigenvalue weighted by atomic mass is 10.4. The lowest BCUT2D eigenvalue weighted by Crippen LogP contribution is -2.33. The summed E-state index contributed by atoms with van der Waals surface area (Å²) in [6.07, 6.45) is 0. The Kier molecular flexibility index (Phi) is 50.5. The molecule has 34 heteroatoms. The fourth-order valence-electron chi connectivity index (χ4n) is 1.54. The van der Waals surface area contributed by atoms with E-state index in [1.807, 2.05) is 0 Å². The quantitative estimate of drug-likeness (QED) is 0.0274. The van der Waals surface area contributed by atoms with Gasteiger partial charge in [0.2, 0.25) is 0 Å². The Morgan fingerprint density at radius 3 is 0.379 bits per heavy atom. The SMILES string of the molecule is N[C@@H](CSSC[C@H](N)C(=O)O)C(=O)O.N[C@@H](CSSC[C@H](N)C(=O)O)C(=O)O.N[C@@H](CSSC[C@H](N)C(=O)O)C(=O)O.N[C@@H](CSSC[C@H](N)C(=O)O)C(=O)O.S.S. The first-order valence-electron chi connectivity index (χ1n) is 14.6. The molecule has 0 heterocycles. The molecule has 0 bridgehead atoms. The molecule has 0 aromatic rings. The van der Waals surface area contributed by atoms with Crippen molar-refractivity contribution in [3.8, 4) is 0 Å². The van der Waals surface area contributed by atoms with E-state index in [-0.39, 0.29) is 73.0 Å². The molecule has 0 aliphatic rings. The lowest BCUT2D eigenvalue weighted by Gasteiger charge is -2.07. The third-order valence-electron chi connectivity index (χ3n) is 4.85. The maximum absolute atomic E-state index is 10.3. The van der Waals surface area contributed by atoms with Gasteiger partial charge in [-0.25, -0.2) is 0 Å². The van der Waals surface area contributed by atoms with Gasteiger partial charge >= 0.3 is 47.8 Å². The highest BCUT2D eigenvalue weighted by atomic mass is 33.1. The zero-order chi connectivity index (χ0) is 44.6. The summed E-state index contributed by atoms with van der Waals surface area (Å²) < 4.78 is 0. The summed E-state index contributed by atoms with van der Waals surface area (Å²) in [5.74, 6) is -6.72. The van der Waals surface area contributed by atoms with Crippen LogP contribution in [0.15, 0.2) is 0 Å². The average molecular weight is 1030 g/mol. The topological polar surface area (TPSA) is 507 Å². The molecule has 0 aliphatic carbocycles. The predicted molar refractivity (Wildman–Crippen MR) is 245 cm³/mol. The van der Waals surface area contributed by atoms with E-state index in [1.54, 1.807) is 0 Å². The highest BCUT2D eigenvalue weighted by Crippen LogP contribution is 2.24. The van der Waals surface area contributed by atoms with Gasteiger partial charge in [0.05, 0.1) is 0 Å². The molecule has 24 nitrogen and oxygen atoms in total. The molecular weight excluding hydrogens is 977 g/mol. The third kappa shape index (κ3) is 46.0. The fraction of sp³-hybridized carbons (Fsp3) is 0.667. The van der Waals surface area contributed by atoms with Gasteiger partial charge in [-0.3, -0.25) is 38.4 Å². The van der Waals surface area contributed by atoms with Crippen LogP contribution < -0.4 is 45.9 Å². The van der Waals surface area contributed by atoms with Crippen LogP contribution in [-0.4, -0.2) is 183 Å². The van der Waals surface area contributed by atoms with Crippen molar-refractivity contribution >= 4 is 161 Å². The molecule has 58 heavy (non-hydrogen) atoms. The van der Waals surface area contributed by atoms with Crippen molar-refractivity contribution < 1.29 is 79.2 Å². The van der Waals surface area contributed by atoms with E-state index < -0.39 is 96.1 Å². The molecule has 344 valence electrons. The second-order valence-electron chi connectivity index (χ2n) is 9.83. The van der Waals surface area contributed by atoms with E-state index in [1.165, 1.54) is 86.4 Å². The minimum Gasteiger partial charge on any atom is -0.480 e. The van der Waals surface area contributed by atoms with Crippen molar-refractivity contribution in [2.24, 2.45) is 45.9 Å². The number of carboxylic acids is 8. The van der Waals surface area contributed by atoms with Crippen LogP contribution >= 0.6 is 113 Å². The van der Waals surface area contributed by atoms with Crippen LogP contribution in [0.1, 0.15) is 0 Å². The van der Waals surface area contributed by atoms with E-state index in [4.69, 9.17) is 86.7 Å². The van der Waals surface area contributed by atoms with Crippen LogP contribution in [0.2, 0.25) is 0 Å². The maximum atomic E-state index is 10.3. The number of hydrogen-bond acceptors (Lipinski definition) is 24. The number of aliphatic carboxylic acids is 8. The predicted octanol–water partition coefficient (Wildman–Crippen LogP) is -3.01. The highest BCUT2D eigenvalue weighted by Gasteiger charge is 2.17. The van der Waals surface area contributed by atoms with Crippen LogP contribution in [0.4, 0.5) is 0 Å². The molecule has 8 atom stereocenters. The van der Waals surface area contributed by atoms with Gasteiger partial charge in [0.25, 0.3) is 0 Å². The van der Waals surface area contributed by atoms with E-state index in [0.29, 0.717) is 0 Å². The van der Waals surface area contributed by atoms with Gasteiger partial charge in [-0.1, -0.05) is 86.4 Å². The second kappa shape index (κ2) is 42.6. The molecule has 0 aromatic carbocycles. The summed E-state index contributed by atoms with van der Waals surface area (Å²) in [6.45, 7) is 0. The summed E-state index contributed by atoms with van der Waals surface area (Å²) in [6, 6.07) is -7.38. The summed E-state index contributed by atoms with van der Waals surface area (Å²) in [5.41, 5.74) is 41.7. The Morgan fingerprint density at radius 1 is 0.259 bits per heavy atom. The van der Waals surface area contributed by atoms with Crippen LogP contribution in [0, 0.1) is 0 Å². The molecule has 0 saturated carbocycles. The van der Waals surface area contributed by atoms with Crippen molar-refractivity contribution in [3.05, 3.63) is 0 Å². The van der Waals surface area contributed by atoms with E-state index in [0.717, 1.165) is 0 Å². The summed E-state index contributed by atoms with van der Waals surface area (Å²) in [4.78, 5) is 82.2. The average Bonchev–Trinajstić information content (AvgIpc) is 3.11. The van der Waals surface area contributed by atoms with Crippen LogP contribution in [0.5, 0.6) is 0 Å². The largest absolute Gasteiger partial charge is 0.480 e. The normalized spacial score (nSPS) is 14.2. The van der Waals surface area contributed by atoms with E-state index in [9.17, 15) is 38.4 Å². The molecule has 0 rings (SSSR count). The monoisotopic (exact) mass is 1030 g/mol. The van der Waals surface area contributed by atoms with Gasteiger partial charge in [0.1, 0.15) is 48.3 Å². The van der Waals surface area contributed by atoms with Crippen molar-refractivity contribution in [2.75, 3.05) is 46.0 Å². The summed E-state index contributed by atoms with van der Waals surface area (Å²) >= 11 is 0. The lowest BCUT2D eigenvalue weighted by molar-refractivity contribution is -0.138. The number of carbonyl (C=O) groups is 8. The molecule has 0 aromatic heterocycles. The van der Waals surface area contributed by atoms with E-state index >= 15 is 0 Å². The van der Waals surface area contributed by atoms with E-state index in [2.05, 4.69) is 0 Å². The molecule has 0 unspecified atom stereocenters. The van der Waals surface area contributed by atoms with Crippen LogP contribution in [0.25, 0.3) is 0 Å². The number of nitrogens with two attached hydrogens (primary N) is 8. The summed E-state index contributed by atoms with van der Waals surface area (Å²) in [7, 11) is 9.62. The first-order valence-corrected chi connectivity index (χ1v) is 24.6. The highest BCUT2D eigenvalue weighted by molar-refractivity contribution is 8.77. The summed E-state index contributed by atoms with van der Waals surface area (Å²) in [5, 5.41) is 67.3. The molecular formula is C24H52N8O16S10.